The highest BCUT2D eigenvalue weighted by Crippen LogP contribution is 2.42. The Morgan fingerprint density at radius 2 is 1.87 bits per heavy atom. The molecule has 0 radical (unpaired) electrons. The summed E-state index contributed by atoms with van der Waals surface area (Å²) < 4.78 is 1.53. The maximum Gasteiger partial charge on any atom is 0.339 e. The van der Waals surface area contributed by atoms with Crippen molar-refractivity contribution in [1.29, 1.82) is 0 Å². The van der Waals surface area contributed by atoms with Crippen LogP contribution in [0.4, 0.5) is 16.2 Å². The van der Waals surface area contributed by atoms with Crippen molar-refractivity contribution in [3.63, 3.8) is 0 Å². The molecule has 1 aliphatic heterocycles. The maximum atomic E-state index is 12.5. The summed E-state index contributed by atoms with van der Waals surface area (Å²) in [6, 6.07) is 11.5. The van der Waals surface area contributed by atoms with Crippen LogP contribution in [0.3, 0.4) is 0 Å². The Morgan fingerprint density at radius 3 is 2.52 bits per heavy atom. The standard InChI is InChI=1S/C16H14N2O4S/c1-17-13-9-12(19)6-7-14(13)23-18(16(17)22)11-4-2-10(3-5-11)8-15(20)21/h2-7,9,19H,8H2,1H3,(H,20,21). The van der Waals surface area contributed by atoms with E-state index in [0.717, 1.165) is 4.90 Å². The van der Waals surface area contributed by atoms with Gasteiger partial charge in [0, 0.05) is 13.1 Å². The molecular formula is C16H14N2O4S. The highest BCUT2D eigenvalue weighted by molar-refractivity contribution is 8.01. The molecule has 7 heteroatoms. The molecule has 0 saturated carbocycles. The van der Waals surface area contributed by atoms with Gasteiger partial charge in [-0.15, -0.1) is 0 Å². The SMILES string of the molecule is CN1C(=O)N(c2ccc(CC(=O)O)cc2)Sc2ccc(O)cc21. The second-order valence-corrected chi connectivity index (χ2v) is 6.10. The van der Waals surface area contributed by atoms with Crippen LogP contribution in [0.15, 0.2) is 47.4 Å². The number of benzene rings is 2. The number of phenolic OH excluding ortho intramolecular Hbond substituents is 1. The summed E-state index contributed by atoms with van der Waals surface area (Å²) in [6.07, 6.45) is -0.0522. The minimum Gasteiger partial charge on any atom is -0.508 e. The monoisotopic (exact) mass is 330 g/mol. The Kier molecular flexibility index (Phi) is 3.87. The predicted molar refractivity (Wildman–Crippen MR) is 88.0 cm³/mol. The van der Waals surface area contributed by atoms with Crippen LogP contribution in [0.25, 0.3) is 0 Å². The molecule has 6 nitrogen and oxygen atoms in total. The summed E-state index contributed by atoms with van der Waals surface area (Å²) >= 11 is 1.27. The number of fused-ring (bicyclic) bond motifs is 1. The van der Waals surface area contributed by atoms with Crippen molar-refractivity contribution in [2.75, 3.05) is 16.3 Å². The van der Waals surface area contributed by atoms with Gasteiger partial charge >= 0.3 is 12.0 Å². The number of hydrogen-bond acceptors (Lipinski definition) is 4. The predicted octanol–water partition coefficient (Wildman–Crippen LogP) is 3.10. The van der Waals surface area contributed by atoms with Gasteiger partial charge in [-0.1, -0.05) is 12.1 Å². The van der Waals surface area contributed by atoms with Gasteiger partial charge in [0.2, 0.25) is 0 Å². The fourth-order valence-corrected chi connectivity index (χ4v) is 3.35. The number of anilines is 2. The first-order valence-corrected chi connectivity index (χ1v) is 7.62. The van der Waals surface area contributed by atoms with E-state index in [9.17, 15) is 14.7 Å². The number of aromatic hydroxyl groups is 1. The topological polar surface area (TPSA) is 81.1 Å². The summed E-state index contributed by atoms with van der Waals surface area (Å²) in [5.74, 6) is -0.787. The molecule has 0 saturated heterocycles. The lowest BCUT2D eigenvalue weighted by atomic mass is 10.1. The molecule has 0 unspecified atom stereocenters. The van der Waals surface area contributed by atoms with E-state index in [1.165, 1.54) is 21.2 Å². The first-order chi connectivity index (χ1) is 11.0. The zero-order chi connectivity index (χ0) is 16.6. The van der Waals surface area contributed by atoms with Gasteiger partial charge < -0.3 is 10.2 Å². The molecule has 0 spiro atoms. The molecule has 3 rings (SSSR count). The van der Waals surface area contributed by atoms with Gasteiger partial charge in [-0.05, 0) is 41.8 Å². The van der Waals surface area contributed by atoms with Crippen molar-refractivity contribution in [3.05, 3.63) is 48.0 Å². The van der Waals surface area contributed by atoms with Gasteiger partial charge in [0.25, 0.3) is 0 Å². The van der Waals surface area contributed by atoms with Crippen LogP contribution in [0.1, 0.15) is 5.56 Å². The third kappa shape index (κ3) is 2.95. The Labute approximate surface area is 137 Å². The lowest BCUT2D eigenvalue weighted by Gasteiger charge is -2.33. The Morgan fingerprint density at radius 1 is 1.17 bits per heavy atom. The van der Waals surface area contributed by atoms with Crippen LogP contribution in [0.2, 0.25) is 0 Å². The van der Waals surface area contributed by atoms with Crippen molar-refractivity contribution in [2.24, 2.45) is 0 Å². The quantitative estimate of drug-likeness (QED) is 0.845. The van der Waals surface area contributed by atoms with Crippen LogP contribution in [-0.2, 0) is 11.2 Å². The number of carboxylic acids is 1. The molecule has 1 aliphatic rings. The maximum absolute atomic E-state index is 12.5. The van der Waals surface area contributed by atoms with E-state index in [-0.39, 0.29) is 18.2 Å². The molecule has 0 bridgehead atoms. The molecule has 2 aromatic rings. The fraction of sp³-hybridized carbons (Fsp3) is 0.125. The summed E-state index contributed by atoms with van der Waals surface area (Å²) in [5, 5.41) is 18.4. The molecule has 0 aromatic heterocycles. The minimum absolute atomic E-state index is 0.0522. The number of aliphatic carboxylic acids is 1. The van der Waals surface area contributed by atoms with E-state index in [4.69, 9.17) is 5.11 Å². The normalized spacial score (nSPS) is 13.9. The van der Waals surface area contributed by atoms with E-state index in [0.29, 0.717) is 16.9 Å². The number of urea groups is 1. The number of rotatable bonds is 3. The van der Waals surface area contributed by atoms with Gasteiger partial charge in [0.05, 0.1) is 22.7 Å². The van der Waals surface area contributed by atoms with Crippen LogP contribution >= 0.6 is 11.9 Å². The molecule has 2 amide bonds. The third-order valence-electron chi connectivity index (χ3n) is 3.48. The van der Waals surface area contributed by atoms with Crippen molar-refractivity contribution in [1.82, 2.24) is 0 Å². The molecule has 23 heavy (non-hydrogen) atoms. The molecule has 0 atom stereocenters. The number of carbonyl (C=O) groups excluding carboxylic acids is 1. The highest BCUT2D eigenvalue weighted by Gasteiger charge is 2.30. The largest absolute Gasteiger partial charge is 0.508 e. The number of nitrogens with zero attached hydrogens (tertiary/aromatic N) is 2. The van der Waals surface area contributed by atoms with E-state index >= 15 is 0 Å². The second kappa shape index (κ2) is 5.85. The molecule has 118 valence electrons. The summed E-state index contributed by atoms with van der Waals surface area (Å²) in [6.45, 7) is 0. The molecule has 0 aliphatic carbocycles. The van der Waals surface area contributed by atoms with Crippen molar-refractivity contribution < 1.29 is 19.8 Å². The van der Waals surface area contributed by atoms with Gasteiger partial charge in [-0.3, -0.25) is 9.69 Å². The van der Waals surface area contributed by atoms with E-state index in [1.807, 2.05) is 0 Å². The summed E-state index contributed by atoms with van der Waals surface area (Å²) in [5.41, 5.74) is 1.99. The van der Waals surface area contributed by atoms with E-state index < -0.39 is 5.97 Å². The lowest BCUT2D eigenvalue weighted by Crippen LogP contribution is -2.40. The number of carbonyl (C=O) groups is 2. The Balaban J connectivity index is 1.90. The van der Waals surface area contributed by atoms with E-state index in [1.54, 1.807) is 49.5 Å². The summed E-state index contributed by atoms with van der Waals surface area (Å²) in [4.78, 5) is 25.6. The number of phenols is 1. The number of hydrogen-bond donors (Lipinski definition) is 2. The van der Waals surface area contributed by atoms with Crippen molar-refractivity contribution >= 4 is 35.3 Å². The van der Waals surface area contributed by atoms with Crippen LogP contribution in [0, 0.1) is 0 Å². The first-order valence-electron chi connectivity index (χ1n) is 6.85. The molecular weight excluding hydrogens is 316 g/mol. The molecule has 0 fully saturated rings. The summed E-state index contributed by atoms with van der Waals surface area (Å²) in [7, 11) is 1.64. The lowest BCUT2D eigenvalue weighted by molar-refractivity contribution is -0.136. The number of amides is 2. The molecule has 1 heterocycles. The average molecular weight is 330 g/mol. The molecule has 2 N–H and O–H groups in total. The number of carboxylic acid groups (broad SMARTS) is 1. The van der Waals surface area contributed by atoms with Gasteiger partial charge in [0.15, 0.2) is 0 Å². The Hall–Kier alpha value is -2.67. The fourth-order valence-electron chi connectivity index (χ4n) is 2.31. The first kappa shape index (κ1) is 15.2. The Bertz CT molecular complexity index is 776. The smallest absolute Gasteiger partial charge is 0.339 e. The third-order valence-corrected chi connectivity index (χ3v) is 4.57. The average Bonchev–Trinajstić information content (AvgIpc) is 2.52. The van der Waals surface area contributed by atoms with Crippen LogP contribution in [0.5, 0.6) is 5.75 Å². The zero-order valence-electron chi connectivity index (χ0n) is 12.3. The van der Waals surface area contributed by atoms with Gasteiger partial charge in [-0.25, -0.2) is 9.10 Å². The van der Waals surface area contributed by atoms with Crippen molar-refractivity contribution in [3.8, 4) is 5.75 Å². The van der Waals surface area contributed by atoms with Gasteiger partial charge in [0.1, 0.15) is 5.75 Å². The highest BCUT2D eigenvalue weighted by atomic mass is 32.2. The second-order valence-electron chi connectivity index (χ2n) is 5.12. The van der Waals surface area contributed by atoms with Crippen LogP contribution < -0.4 is 9.21 Å². The molecule has 2 aromatic carbocycles. The van der Waals surface area contributed by atoms with Crippen molar-refractivity contribution in [2.45, 2.75) is 11.3 Å². The minimum atomic E-state index is -0.894. The van der Waals surface area contributed by atoms with Crippen LogP contribution in [-0.4, -0.2) is 29.3 Å². The van der Waals surface area contributed by atoms with E-state index in [2.05, 4.69) is 0 Å². The zero-order valence-corrected chi connectivity index (χ0v) is 13.1. The van der Waals surface area contributed by atoms with Gasteiger partial charge in [-0.2, -0.15) is 0 Å².